The molecule has 1 amide bonds. The van der Waals surface area contributed by atoms with E-state index in [1.165, 1.54) is 6.07 Å². The van der Waals surface area contributed by atoms with E-state index in [2.05, 4.69) is 15.6 Å². The van der Waals surface area contributed by atoms with Crippen LogP contribution in [0.2, 0.25) is 10.0 Å². The Labute approximate surface area is 140 Å². The van der Waals surface area contributed by atoms with Gasteiger partial charge >= 0.3 is 0 Å². The summed E-state index contributed by atoms with van der Waals surface area (Å²) in [7, 11) is 0. The van der Waals surface area contributed by atoms with Gasteiger partial charge in [-0.2, -0.15) is 11.3 Å². The van der Waals surface area contributed by atoms with E-state index >= 15 is 0 Å². The molecule has 3 aromatic rings. The van der Waals surface area contributed by atoms with Crippen LogP contribution in [0.1, 0.15) is 16.1 Å². The third kappa shape index (κ3) is 3.30. The van der Waals surface area contributed by atoms with Crippen LogP contribution in [0.3, 0.4) is 0 Å². The molecule has 0 aliphatic rings. The number of aromatic nitrogens is 3. The number of rotatable bonds is 4. The van der Waals surface area contributed by atoms with E-state index in [-0.39, 0.29) is 12.5 Å². The highest BCUT2D eigenvalue weighted by atomic mass is 35.5. The van der Waals surface area contributed by atoms with Crippen LogP contribution in [0.4, 0.5) is 0 Å². The quantitative estimate of drug-likeness (QED) is 0.780. The number of halogens is 2. The van der Waals surface area contributed by atoms with Crippen LogP contribution in [-0.4, -0.2) is 20.9 Å². The fourth-order valence-corrected chi connectivity index (χ4v) is 2.72. The molecule has 1 aromatic carbocycles. The Hall–Kier alpha value is -1.89. The Bertz CT molecular complexity index is 801. The van der Waals surface area contributed by atoms with Gasteiger partial charge in [0.2, 0.25) is 0 Å². The average molecular weight is 353 g/mol. The van der Waals surface area contributed by atoms with Crippen molar-refractivity contribution < 1.29 is 4.79 Å². The molecule has 5 nitrogen and oxygen atoms in total. The van der Waals surface area contributed by atoms with E-state index in [9.17, 15) is 4.79 Å². The predicted octanol–water partition coefficient (Wildman–Crippen LogP) is 3.57. The molecule has 1 N–H and O–H groups in total. The van der Waals surface area contributed by atoms with Gasteiger partial charge in [0.15, 0.2) is 0 Å². The van der Waals surface area contributed by atoms with Gasteiger partial charge in [-0.15, -0.1) is 5.10 Å². The number of benzene rings is 1. The smallest absolute Gasteiger partial charge is 0.251 e. The maximum absolute atomic E-state index is 12.1. The standard InChI is InChI=1S/C14H10Cl2N4OS/c15-12-2-1-9(5-13(12)16)14(21)17-6-10-7-20(19-18-10)11-3-4-22-8-11/h1-5,7-8H,6H2,(H,17,21). The summed E-state index contributed by atoms with van der Waals surface area (Å²) in [6.45, 7) is 0.281. The summed E-state index contributed by atoms with van der Waals surface area (Å²) in [4.78, 5) is 12.1. The lowest BCUT2D eigenvalue weighted by atomic mass is 10.2. The van der Waals surface area contributed by atoms with Crippen LogP contribution < -0.4 is 5.32 Å². The Kier molecular flexibility index (Phi) is 4.42. The van der Waals surface area contributed by atoms with Gasteiger partial charge in [0.1, 0.15) is 5.69 Å². The Morgan fingerprint density at radius 3 is 2.86 bits per heavy atom. The number of hydrogen-bond donors (Lipinski definition) is 1. The lowest BCUT2D eigenvalue weighted by Gasteiger charge is -2.04. The average Bonchev–Trinajstić information content (AvgIpc) is 3.18. The molecule has 0 aliphatic carbocycles. The monoisotopic (exact) mass is 352 g/mol. The van der Waals surface area contributed by atoms with Crippen molar-refractivity contribution in [1.82, 2.24) is 20.3 Å². The Balaban J connectivity index is 1.65. The number of carbonyl (C=O) groups excluding carboxylic acids is 1. The number of hydrogen-bond acceptors (Lipinski definition) is 4. The first-order valence-electron chi connectivity index (χ1n) is 6.30. The zero-order chi connectivity index (χ0) is 15.5. The molecular formula is C14H10Cl2N4OS. The van der Waals surface area contributed by atoms with Crippen molar-refractivity contribution in [2.24, 2.45) is 0 Å². The van der Waals surface area contributed by atoms with Gasteiger partial charge < -0.3 is 5.32 Å². The summed E-state index contributed by atoms with van der Waals surface area (Å²) < 4.78 is 1.66. The van der Waals surface area contributed by atoms with E-state index in [0.717, 1.165) is 5.69 Å². The lowest BCUT2D eigenvalue weighted by Crippen LogP contribution is -2.22. The Morgan fingerprint density at radius 1 is 1.27 bits per heavy atom. The van der Waals surface area contributed by atoms with Gasteiger partial charge in [-0.25, -0.2) is 4.68 Å². The minimum atomic E-state index is -0.247. The molecule has 3 rings (SSSR count). The molecule has 0 radical (unpaired) electrons. The predicted molar refractivity (Wildman–Crippen MR) is 86.9 cm³/mol. The van der Waals surface area contributed by atoms with Crippen molar-refractivity contribution in [2.75, 3.05) is 0 Å². The summed E-state index contributed by atoms with van der Waals surface area (Å²) in [6, 6.07) is 6.68. The number of nitrogens with one attached hydrogen (secondary N) is 1. The zero-order valence-corrected chi connectivity index (χ0v) is 13.5. The lowest BCUT2D eigenvalue weighted by molar-refractivity contribution is 0.0950. The van der Waals surface area contributed by atoms with Crippen molar-refractivity contribution in [2.45, 2.75) is 6.54 Å². The molecule has 0 spiro atoms. The summed E-state index contributed by atoms with van der Waals surface area (Å²) in [6.07, 6.45) is 1.77. The van der Waals surface area contributed by atoms with Gasteiger partial charge in [-0.3, -0.25) is 4.79 Å². The molecule has 0 bridgehead atoms. The van der Waals surface area contributed by atoms with Crippen LogP contribution in [0.25, 0.3) is 5.69 Å². The van der Waals surface area contributed by atoms with E-state index in [4.69, 9.17) is 23.2 Å². The van der Waals surface area contributed by atoms with E-state index < -0.39 is 0 Å². The van der Waals surface area contributed by atoms with Gasteiger partial charge in [0, 0.05) is 10.9 Å². The molecule has 0 atom stereocenters. The largest absolute Gasteiger partial charge is 0.346 e. The van der Waals surface area contributed by atoms with Crippen molar-refractivity contribution in [1.29, 1.82) is 0 Å². The summed E-state index contributed by atoms with van der Waals surface area (Å²) in [5, 5.41) is 15.5. The van der Waals surface area contributed by atoms with Crippen LogP contribution in [-0.2, 0) is 6.54 Å². The number of nitrogens with zero attached hydrogens (tertiary/aromatic N) is 3. The molecular weight excluding hydrogens is 343 g/mol. The van der Waals surface area contributed by atoms with Gasteiger partial charge in [-0.1, -0.05) is 28.4 Å². The maximum Gasteiger partial charge on any atom is 0.251 e. The van der Waals surface area contributed by atoms with E-state index in [0.29, 0.717) is 21.3 Å². The third-order valence-electron chi connectivity index (χ3n) is 2.92. The molecule has 22 heavy (non-hydrogen) atoms. The fourth-order valence-electron chi connectivity index (χ4n) is 1.80. The van der Waals surface area contributed by atoms with Crippen LogP contribution >= 0.6 is 34.5 Å². The minimum absolute atomic E-state index is 0.247. The molecule has 112 valence electrons. The molecule has 2 aromatic heterocycles. The molecule has 0 saturated heterocycles. The number of carbonyl (C=O) groups is 1. The fraction of sp³-hybridized carbons (Fsp3) is 0.0714. The normalized spacial score (nSPS) is 10.6. The minimum Gasteiger partial charge on any atom is -0.346 e. The molecule has 0 aliphatic heterocycles. The molecule has 2 heterocycles. The van der Waals surface area contributed by atoms with Gasteiger partial charge in [-0.05, 0) is 29.6 Å². The highest BCUT2D eigenvalue weighted by Crippen LogP contribution is 2.22. The van der Waals surface area contributed by atoms with Crippen molar-refractivity contribution >= 4 is 40.4 Å². The van der Waals surface area contributed by atoms with Crippen molar-refractivity contribution in [3.05, 3.63) is 62.5 Å². The van der Waals surface area contributed by atoms with Crippen LogP contribution in [0.15, 0.2) is 41.2 Å². The Morgan fingerprint density at radius 2 is 2.14 bits per heavy atom. The maximum atomic E-state index is 12.1. The summed E-state index contributed by atoms with van der Waals surface area (Å²) >= 11 is 13.3. The first kappa shape index (κ1) is 15.0. The summed E-state index contributed by atoms with van der Waals surface area (Å²) in [5.74, 6) is -0.247. The van der Waals surface area contributed by atoms with Crippen molar-refractivity contribution in [3.8, 4) is 5.69 Å². The first-order valence-corrected chi connectivity index (χ1v) is 8.00. The zero-order valence-electron chi connectivity index (χ0n) is 11.2. The van der Waals surface area contributed by atoms with Crippen LogP contribution in [0.5, 0.6) is 0 Å². The highest BCUT2D eigenvalue weighted by Gasteiger charge is 2.09. The van der Waals surface area contributed by atoms with E-state index in [1.807, 2.05) is 16.8 Å². The molecule has 8 heteroatoms. The second-order valence-corrected chi connectivity index (χ2v) is 6.04. The topological polar surface area (TPSA) is 59.8 Å². The van der Waals surface area contributed by atoms with Gasteiger partial charge in [0.05, 0.1) is 28.5 Å². The summed E-state index contributed by atoms with van der Waals surface area (Å²) in [5.41, 5.74) is 2.05. The van der Waals surface area contributed by atoms with Gasteiger partial charge in [0.25, 0.3) is 5.91 Å². The highest BCUT2D eigenvalue weighted by molar-refractivity contribution is 7.08. The number of amides is 1. The first-order chi connectivity index (χ1) is 10.6. The molecule has 0 fully saturated rings. The van der Waals surface area contributed by atoms with Crippen LogP contribution in [0, 0.1) is 0 Å². The van der Waals surface area contributed by atoms with Crippen molar-refractivity contribution in [3.63, 3.8) is 0 Å². The second kappa shape index (κ2) is 6.48. The molecule has 0 saturated carbocycles. The second-order valence-electron chi connectivity index (χ2n) is 4.45. The number of thiophene rings is 1. The molecule has 0 unspecified atom stereocenters. The van der Waals surface area contributed by atoms with E-state index in [1.54, 1.807) is 34.3 Å². The SMILES string of the molecule is O=C(NCc1cn(-c2ccsc2)nn1)c1ccc(Cl)c(Cl)c1. The third-order valence-corrected chi connectivity index (χ3v) is 4.33.